The lowest BCUT2D eigenvalue weighted by atomic mass is 10.1. The highest BCUT2D eigenvalue weighted by molar-refractivity contribution is 7.22. The summed E-state index contributed by atoms with van der Waals surface area (Å²) in [5.74, 6) is -1.63. The van der Waals surface area contributed by atoms with E-state index in [0.29, 0.717) is 11.1 Å². The first-order valence-electron chi connectivity index (χ1n) is 6.56. The normalized spacial score (nSPS) is 10.8. The van der Waals surface area contributed by atoms with E-state index in [9.17, 15) is 13.6 Å². The van der Waals surface area contributed by atoms with Gasteiger partial charge in [-0.1, -0.05) is 17.4 Å². The molecule has 2 heterocycles. The van der Waals surface area contributed by atoms with Crippen LogP contribution >= 0.6 is 11.3 Å². The third kappa shape index (κ3) is 3.25. The van der Waals surface area contributed by atoms with E-state index < -0.39 is 11.6 Å². The van der Waals surface area contributed by atoms with Crippen LogP contribution in [0.2, 0.25) is 0 Å². The highest BCUT2D eigenvalue weighted by Gasteiger charge is 2.12. The first kappa shape index (κ1) is 14.5. The highest BCUT2D eigenvalue weighted by atomic mass is 32.1. The van der Waals surface area contributed by atoms with Crippen molar-refractivity contribution in [1.82, 2.24) is 9.97 Å². The number of halogens is 2. The number of pyridine rings is 1. The summed E-state index contributed by atoms with van der Waals surface area (Å²) >= 11 is 1.04. The van der Waals surface area contributed by atoms with Gasteiger partial charge in [0.15, 0.2) is 10.9 Å². The Labute approximate surface area is 128 Å². The molecule has 0 aliphatic rings. The third-order valence-corrected chi connectivity index (χ3v) is 3.94. The molecule has 0 saturated carbocycles. The van der Waals surface area contributed by atoms with E-state index in [0.717, 1.165) is 23.0 Å². The molecular formula is C15H11F2N3OS. The van der Waals surface area contributed by atoms with Gasteiger partial charge in [0.05, 0.1) is 4.70 Å². The van der Waals surface area contributed by atoms with Crippen molar-refractivity contribution in [3.05, 3.63) is 53.9 Å². The van der Waals surface area contributed by atoms with Crippen LogP contribution in [0.25, 0.3) is 10.2 Å². The van der Waals surface area contributed by atoms with E-state index in [2.05, 4.69) is 15.3 Å². The monoisotopic (exact) mass is 319 g/mol. The van der Waals surface area contributed by atoms with Crippen molar-refractivity contribution in [1.29, 1.82) is 0 Å². The number of carbonyl (C=O) groups excluding carboxylic acids is 1. The lowest BCUT2D eigenvalue weighted by Gasteiger charge is -2.01. The van der Waals surface area contributed by atoms with Gasteiger partial charge in [-0.05, 0) is 24.1 Å². The minimum Gasteiger partial charge on any atom is -0.302 e. The van der Waals surface area contributed by atoms with Gasteiger partial charge in [0.2, 0.25) is 5.91 Å². The summed E-state index contributed by atoms with van der Waals surface area (Å²) in [6, 6.07) is 5.66. The van der Waals surface area contributed by atoms with E-state index in [4.69, 9.17) is 0 Å². The zero-order valence-corrected chi connectivity index (χ0v) is 12.2. The molecule has 2 aromatic heterocycles. The predicted molar refractivity (Wildman–Crippen MR) is 80.7 cm³/mol. The predicted octanol–water partition coefficient (Wildman–Crippen LogP) is 3.54. The number of aryl methyl sites for hydroxylation is 1. The average Bonchev–Trinajstić information content (AvgIpc) is 2.89. The van der Waals surface area contributed by atoms with Crippen LogP contribution in [0.1, 0.15) is 12.0 Å². The fourth-order valence-electron chi connectivity index (χ4n) is 2.00. The Morgan fingerprint density at radius 3 is 2.95 bits per heavy atom. The zero-order valence-electron chi connectivity index (χ0n) is 11.3. The van der Waals surface area contributed by atoms with Gasteiger partial charge in [-0.3, -0.25) is 9.78 Å². The molecule has 0 bridgehead atoms. The second-order valence-electron chi connectivity index (χ2n) is 4.66. The molecule has 1 aromatic carbocycles. The zero-order chi connectivity index (χ0) is 15.5. The number of nitrogens with zero attached hydrogens (tertiary/aromatic N) is 2. The molecule has 0 atom stereocenters. The summed E-state index contributed by atoms with van der Waals surface area (Å²) in [7, 11) is 0. The molecular weight excluding hydrogens is 308 g/mol. The highest BCUT2D eigenvalue weighted by Crippen LogP contribution is 2.28. The number of anilines is 1. The summed E-state index contributed by atoms with van der Waals surface area (Å²) in [4.78, 5) is 19.8. The van der Waals surface area contributed by atoms with Gasteiger partial charge in [0.25, 0.3) is 0 Å². The van der Waals surface area contributed by atoms with Crippen molar-refractivity contribution < 1.29 is 13.6 Å². The number of benzene rings is 1. The quantitative estimate of drug-likeness (QED) is 0.800. The Balaban J connectivity index is 1.68. The number of nitrogens with one attached hydrogen (secondary N) is 1. The van der Waals surface area contributed by atoms with Crippen molar-refractivity contribution in [2.75, 3.05) is 5.32 Å². The van der Waals surface area contributed by atoms with Gasteiger partial charge in [-0.15, -0.1) is 0 Å². The molecule has 22 heavy (non-hydrogen) atoms. The van der Waals surface area contributed by atoms with Crippen LogP contribution in [-0.2, 0) is 11.2 Å². The molecule has 0 aliphatic heterocycles. The van der Waals surface area contributed by atoms with Crippen molar-refractivity contribution in [2.24, 2.45) is 0 Å². The number of hydrogen-bond donors (Lipinski definition) is 1. The van der Waals surface area contributed by atoms with E-state index in [1.54, 1.807) is 18.5 Å². The summed E-state index contributed by atoms with van der Waals surface area (Å²) in [6.45, 7) is 0. The van der Waals surface area contributed by atoms with Crippen molar-refractivity contribution >= 4 is 32.6 Å². The minimum absolute atomic E-state index is 0.0639. The van der Waals surface area contributed by atoms with Crippen LogP contribution in [0.4, 0.5) is 13.9 Å². The second kappa shape index (κ2) is 6.15. The average molecular weight is 319 g/mol. The SMILES string of the molecule is O=C(CCc1cccnc1)Nc1nc2c(F)cc(F)cc2s1. The molecule has 0 radical (unpaired) electrons. The molecule has 4 nitrogen and oxygen atoms in total. The molecule has 0 unspecified atom stereocenters. The van der Waals surface area contributed by atoms with Crippen molar-refractivity contribution in [3.8, 4) is 0 Å². The lowest BCUT2D eigenvalue weighted by molar-refractivity contribution is -0.116. The third-order valence-electron chi connectivity index (χ3n) is 3.02. The van der Waals surface area contributed by atoms with Crippen LogP contribution in [0.15, 0.2) is 36.7 Å². The Bertz CT molecular complexity index is 820. The maximum Gasteiger partial charge on any atom is 0.226 e. The number of carbonyl (C=O) groups is 1. The van der Waals surface area contributed by atoms with Crippen LogP contribution in [0, 0.1) is 11.6 Å². The molecule has 7 heteroatoms. The van der Waals surface area contributed by atoms with Gasteiger partial charge in [-0.25, -0.2) is 13.8 Å². The fraction of sp³-hybridized carbons (Fsp3) is 0.133. The smallest absolute Gasteiger partial charge is 0.226 e. The summed E-state index contributed by atoms with van der Waals surface area (Å²) in [6.07, 6.45) is 4.17. The van der Waals surface area contributed by atoms with E-state index in [1.807, 2.05) is 6.07 Å². The first-order valence-corrected chi connectivity index (χ1v) is 7.38. The molecule has 0 aliphatic carbocycles. The number of rotatable bonds is 4. The summed E-state index contributed by atoms with van der Waals surface area (Å²) in [5, 5.41) is 2.87. The number of amides is 1. The van der Waals surface area contributed by atoms with Gasteiger partial charge < -0.3 is 5.32 Å². The number of aromatic nitrogens is 2. The molecule has 1 amide bonds. The van der Waals surface area contributed by atoms with E-state index in [1.165, 1.54) is 6.07 Å². The molecule has 0 saturated heterocycles. The maximum absolute atomic E-state index is 13.6. The maximum atomic E-state index is 13.6. The largest absolute Gasteiger partial charge is 0.302 e. The summed E-state index contributed by atoms with van der Waals surface area (Å²) in [5.41, 5.74) is 1.02. The molecule has 0 spiro atoms. The Kier molecular flexibility index (Phi) is 4.06. The standard InChI is InChI=1S/C15H11F2N3OS/c16-10-6-11(17)14-12(7-10)22-15(20-14)19-13(21)4-3-9-2-1-5-18-8-9/h1-2,5-8H,3-4H2,(H,19,20,21). The molecule has 0 fully saturated rings. The fourth-order valence-corrected chi connectivity index (χ4v) is 2.92. The van der Waals surface area contributed by atoms with Crippen LogP contribution in [0.3, 0.4) is 0 Å². The van der Waals surface area contributed by atoms with E-state index >= 15 is 0 Å². The first-order chi connectivity index (χ1) is 10.6. The molecule has 3 aromatic rings. The van der Waals surface area contributed by atoms with Gasteiger partial charge in [-0.2, -0.15) is 0 Å². The van der Waals surface area contributed by atoms with Crippen LogP contribution in [0.5, 0.6) is 0 Å². The molecule has 1 N–H and O–H groups in total. The van der Waals surface area contributed by atoms with Crippen LogP contribution in [-0.4, -0.2) is 15.9 Å². The van der Waals surface area contributed by atoms with Gasteiger partial charge in [0.1, 0.15) is 11.3 Å². The summed E-state index contributed by atoms with van der Waals surface area (Å²) < 4.78 is 27.0. The lowest BCUT2D eigenvalue weighted by Crippen LogP contribution is -2.12. The van der Waals surface area contributed by atoms with Crippen LogP contribution < -0.4 is 5.32 Å². The van der Waals surface area contributed by atoms with Gasteiger partial charge >= 0.3 is 0 Å². The topological polar surface area (TPSA) is 54.9 Å². The Morgan fingerprint density at radius 1 is 1.32 bits per heavy atom. The number of thiazole rings is 1. The molecule has 112 valence electrons. The van der Waals surface area contributed by atoms with Crippen molar-refractivity contribution in [3.63, 3.8) is 0 Å². The van der Waals surface area contributed by atoms with Gasteiger partial charge in [0, 0.05) is 24.9 Å². The second-order valence-corrected chi connectivity index (χ2v) is 5.69. The Hall–Kier alpha value is -2.41. The number of fused-ring (bicyclic) bond motifs is 1. The molecule has 3 rings (SSSR count). The number of hydrogen-bond acceptors (Lipinski definition) is 4. The van der Waals surface area contributed by atoms with Crippen molar-refractivity contribution in [2.45, 2.75) is 12.8 Å². The Morgan fingerprint density at radius 2 is 2.18 bits per heavy atom. The van der Waals surface area contributed by atoms with E-state index in [-0.39, 0.29) is 23.0 Å². The minimum atomic E-state index is -0.734.